The molecule has 2 bridgehead atoms. The quantitative estimate of drug-likeness (QED) is 0.352. The van der Waals surface area contributed by atoms with Crippen molar-refractivity contribution in [2.24, 2.45) is 17.8 Å². The first-order valence-corrected chi connectivity index (χ1v) is 12.3. The van der Waals surface area contributed by atoms with Crippen molar-refractivity contribution in [1.82, 2.24) is 26.2 Å². The van der Waals surface area contributed by atoms with Crippen molar-refractivity contribution in [3.8, 4) is 11.3 Å². The molecule has 1 aromatic carbocycles. The van der Waals surface area contributed by atoms with Crippen molar-refractivity contribution >= 4 is 29.1 Å². The number of amides is 2. The first-order valence-electron chi connectivity index (χ1n) is 11.8. The Morgan fingerprint density at radius 1 is 1.09 bits per heavy atom. The summed E-state index contributed by atoms with van der Waals surface area (Å²) in [4.78, 5) is 27.7. The van der Waals surface area contributed by atoms with E-state index in [1.54, 1.807) is 6.92 Å². The fourth-order valence-electron chi connectivity index (χ4n) is 5.26. The van der Waals surface area contributed by atoms with Gasteiger partial charge in [0.2, 0.25) is 5.91 Å². The second-order valence-electron chi connectivity index (χ2n) is 9.37. The Labute approximate surface area is 204 Å². The summed E-state index contributed by atoms with van der Waals surface area (Å²) in [6.45, 7) is 3.12. The van der Waals surface area contributed by atoms with Gasteiger partial charge in [0.15, 0.2) is 5.11 Å². The van der Waals surface area contributed by atoms with Gasteiger partial charge >= 0.3 is 0 Å². The topological polar surface area (TPSA) is 99.5 Å². The number of aromatic nitrogens is 1. The minimum atomic E-state index is -0.450. The van der Waals surface area contributed by atoms with Gasteiger partial charge in [0.05, 0.1) is 0 Å². The first-order chi connectivity index (χ1) is 16.5. The van der Waals surface area contributed by atoms with Crippen LogP contribution in [0, 0.1) is 24.7 Å². The summed E-state index contributed by atoms with van der Waals surface area (Å²) in [6.07, 6.45) is 8.38. The highest BCUT2D eigenvalue weighted by Crippen LogP contribution is 2.39. The van der Waals surface area contributed by atoms with E-state index in [2.05, 4.69) is 38.4 Å². The first kappa shape index (κ1) is 22.6. The lowest BCUT2D eigenvalue weighted by atomic mass is 9.96. The van der Waals surface area contributed by atoms with Crippen molar-refractivity contribution in [3.05, 3.63) is 53.8 Å². The van der Waals surface area contributed by atoms with E-state index >= 15 is 0 Å². The molecular formula is C25H29N5O3S. The summed E-state index contributed by atoms with van der Waals surface area (Å²) in [5, 5.41) is 8.35. The molecule has 9 heteroatoms. The van der Waals surface area contributed by atoms with Gasteiger partial charge < -0.3 is 14.7 Å². The molecule has 2 aliphatic carbocycles. The van der Waals surface area contributed by atoms with Crippen LogP contribution in [0.4, 0.5) is 0 Å². The van der Waals surface area contributed by atoms with E-state index in [1.807, 2.05) is 30.3 Å². The summed E-state index contributed by atoms with van der Waals surface area (Å²) in [5.74, 6) is 0.855. The fourth-order valence-corrected chi connectivity index (χ4v) is 5.59. The molecule has 1 saturated carbocycles. The number of aryl methyl sites for hydroxylation is 1. The number of allylic oxidation sites excluding steroid dienone is 1. The number of likely N-dealkylation sites (tertiary alicyclic amines) is 1. The zero-order valence-corrected chi connectivity index (χ0v) is 19.9. The van der Waals surface area contributed by atoms with E-state index in [1.165, 1.54) is 6.42 Å². The highest BCUT2D eigenvalue weighted by Gasteiger charge is 2.37. The Balaban J connectivity index is 1.10. The monoisotopic (exact) mass is 479 g/mol. The van der Waals surface area contributed by atoms with Gasteiger partial charge in [-0.15, -0.1) is 0 Å². The predicted octanol–water partition coefficient (Wildman–Crippen LogP) is 2.96. The molecule has 3 N–H and O–H groups in total. The van der Waals surface area contributed by atoms with Gasteiger partial charge in [0.1, 0.15) is 17.0 Å². The minimum Gasteiger partial charge on any atom is -0.360 e. The van der Waals surface area contributed by atoms with E-state index in [0.717, 1.165) is 30.2 Å². The van der Waals surface area contributed by atoms with Crippen LogP contribution in [0.25, 0.3) is 11.3 Å². The number of nitrogens with zero attached hydrogens (tertiary/aromatic N) is 2. The molecule has 3 aliphatic rings. The Morgan fingerprint density at radius 2 is 1.85 bits per heavy atom. The van der Waals surface area contributed by atoms with Crippen molar-refractivity contribution < 1.29 is 14.1 Å². The number of piperidine rings is 1. The van der Waals surface area contributed by atoms with Crippen LogP contribution < -0.4 is 16.2 Å². The molecule has 8 nitrogen and oxygen atoms in total. The largest absolute Gasteiger partial charge is 0.360 e. The highest BCUT2D eigenvalue weighted by atomic mass is 32.1. The normalized spacial score (nSPS) is 23.7. The van der Waals surface area contributed by atoms with Gasteiger partial charge in [-0.05, 0) is 56.7 Å². The molecule has 1 saturated heterocycles. The third-order valence-corrected chi connectivity index (χ3v) is 7.55. The minimum absolute atomic E-state index is 0.179. The molecule has 0 radical (unpaired) electrons. The number of carbonyl (C=O) groups is 2. The van der Waals surface area contributed by atoms with E-state index in [0.29, 0.717) is 47.7 Å². The fraction of sp³-hybridized carbons (Fsp3) is 0.440. The molecule has 2 amide bonds. The van der Waals surface area contributed by atoms with Gasteiger partial charge in [-0.3, -0.25) is 20.4 Å². The molecular weight excluding hydrogens is 450 g/mol. The maximum absolute atomic E-state index is 12.8. The highest BCUT2D eigenvalue weighted by molar-refractivity contribution is 7.80. The standard InChI is InChI=1S/C25H29N5O3S/c1-15-21(22(29-33-15)17-5-3-2-4-6-17)24(32)28-27-23(31)18-9-11-30(12-10-18)25(34)26-20-14-16-7-8-19(20)13-16/h2-8,16,18-20H,9-14H2,1H3,(H,26,34)(H,27,31)(H,28,32). The van der Waals surface area contributed by atoms with Gasteiger partial charge in [0, 0.05) is 30.6 Å². The molecule has 1 aromatic heterocycles. The molecule has 0 spiro atoms. The summed E-state index contributed by atoms with van der Waals surface area (Å²) < 4.78 is 5.24. The van der Waals surface area contributed by atoms with Gasteiger partial charge in [0.25, 0.3) is 5.91 Å². The zero-order valence-electron chi connectivity index (χ0n) is 19.1. The van der Waals surface area contributed by atoms with Crippen LogP contribution in [0.3, 0.4) is 0 Å². The summed E-state index contributed by atoms with van der Waals surface area (Å²) in [5.41, 5.74) is 6.65. The second-order valence-corrected chi connectivity index (χ2v) is 9.76. The predicted molar refractivity (Wildman–Crippen MR) is 131 cm³/mol. The molecule has 2 aromatic rings. The van der Waals surface area contributed by atoms with E-state index in [4.69, 9.17) is 16.7 Å². The van der Waals surface area contributed by atoms with E-state index in [-0.39, 0.29) is 11.8 Å². The van der Waals surface area contributed by atoms with Crippen LogP contribution in [-0.2, 0) is 4.79 Å². The lowest BCUT2D eigenvalue weighted by molar-refractivity contribution is -0.126. The van der Waals surface area contributed by atoms with Crippen LogP contribution in [0.2, 0.25) is 0 Å². The number of hydrogen-bond donors (Lipinski definition) is 3. The maximum atomic E-state index is 12.8. The number of hydrazine groups is 1. The summed E-state index contributed by atoms with van der Waals surface area (Å²) in [6, 6.07) is 9.76. The smallest absolute Gasteiger partial charge is 0.275 e. The number of nitrogens with one attached hydrogen (secondary N) is 3. The number of rotatable bonds is 4. The maximum Gasteiger partial charge on any atom is 0.275 e. The molecule has 2 heterocycles. The SMILES string of the molecule is Cc1onc(-c2ccccc2)c1C(=O)NNC(=O)C1CCN(C(=S)NC2CC3C=CC2C3)CC1. The van der Waals surface area contributed by atoms with Crippen LogP contribution in [0.1, 0.15) is 41.8 Å². The molecule has 1 aliphatic heterocycles. The second kappa shape index (κ2) is 9.58. The van der Waals surface area contributed by atoms with E-state index in [9.17, 15) is 9.59 Å². The zero-order chi connectivity index (χ0) is 23.7. The Hall–Kier alpha value is -3.20. The van der Waals surface area contributed by atoms with Crippen LogP contribution >= 0.6 is 12.2 Å². The van der Waals surface area contributed by atoms with E-state index < -0.39 is 5.91 Å². The number of hydrogen-bond acceptors (Lipinski definition) is 5. The number of thiocarbonyl (C=S) groups is 1. The number of fused-ring (bicyclic) bond motifs is 2. The number of carbonyl (C=O) groups excluding carboxylic acids is 2. The van der Waals surface area contributed by atoms with Crippen molar-refractivity contribution in [3.63, 3.8) is 0 Å². The average Bonchev–Trinajstić information content (AvgIpc) is 3.59. The molecule has 178 valence electrons. The molecule has 34 heavy (non-hydrogen) atoms. The van der Waals surface area contributed by atoms with Crippen molar-refractivity contribution in [2.45, 2.75) is 38.6 Å². The molecule has 3 unspecified atom stereocenters. The Bertz CT molecular complexity index is 1110. The van der Waals surface area contributed by atoms with Crippen molar-refractivity contribution in [2.75, 3.05) is 13.1 Å². The molecule has 3 atom stereocenters. The molecule has 5 rings (SSSR count). The van der Waals surface area contributed by atoms with Crippen LogP contribution in [-0.4, -0.2) is 46.1 Å². The van der Waals surface area contributed by atoms with Gasteiger partial charge in [-0.1, -0.05) is 47.6 Å². The number of benzene rings is 1. The van der Waals surface area contributed by atoms with Crippen molar-refractivity contribution in [1.29, 1.82) is 0 Å². The van der Waals surface area contributed by atoms with Gasteiger partial charge in [-0.2, -0.15) is 0 Å². The van der Waals surface area contributed by atoms with Gasteiger partial charge in [-0.25, -0.2) is 0 Å². The third-order valence-electron chi connectivity index (χ3n) is 7.18. The Kier molecular flexibility index (Phi) is 6.36. The Morgan fingerprint density at radius 3 is 2.53 bits per heavy atom. The lowest BCUT2D eigenvalue weighted by Crippen LogP contribution is -2.51. The van der Waals surface area contributed by atoms with Crippen LogP contribution in [0.15, 0.2) is 47.0 Å². The molecule has 2 fully saturated rings. The third kappa shape index (κ3) is 4.57. The summed E-state index contributed by atoms with van der Waals surface area (Å²) in [7, 11) is 0. The summed E-state index contributed by atoms with van der Waals surface area (Å²) >= 11 is 5.64. The lowest BCUT2D eigenvalue weighted by Gasteiger charge is -2.35. The average molecular weight is 480 g/mol. The van der Waals surface area contributed by atoms with Crippen LogP contribution in [0.5, 0.6) is 0 Å².